The predicted octanol–water partition coefficient (Wildman–Crippen LogP) is 2.98. The van der Waals surface area contributed by atoms with Crippen LogP contribution in [0.3, 0.4) is 0 Å². The minimum Gasteiger partial charge on any atom is -0.373 e. The Labute approximate surface area is 141 Å². The van der Waals surface area contributed by atoms with Crippen LogP contribution in [0.2, 0.25) is 0 Å². The zero-order valence-corrected chi connectivity index (χ0v) is 14.1. The van der Waals surface area contributed by atoms with Gasteiger partial charge in [-0.05, 0) is 25.8 Å². The zero-order valence-electron chi connectivity index (χ0n) is 14.1. The highest BCUT2D eigenvalue weighted by molar-refractivity contribution is 5.92. The first-order valence-electron chi connectivity index (χ1n) is 8.70. The highest BCUT2D eigenvalue weighted by Gasteiger charge is 2.32. The first kappa shape index (κ1) is 16.7. The average Bonchev–Trinajstić information content (AvgIpc) is 2.84. The van der Waals surface area contributed by atoms with Crippen molar-refractivity contribution in [1.82, 2.24) is 19.9 Å². The second kappa shape index (κ2) is 7.61. The van der Waals surface area contributed by atoms with E-state index in [0.29, 0.717) is 24.5 Å². The number of fused-ring (bicyclic) bond motifs is 1. The molecule has 0 aromatic carbocycles. The Morgan fingerprint density at radius 3 is 2.88 bits per heavy atom. The number of urea groups is 1. The van der Waals surface area contributed by atoms with Crippen LogP contribution in [0.5, 0.6) is 0 Å². The smallest absolute Gasteiger partial charge is 0.319 e. The van der Waals surface area contributed by atoms with Crippen molar-refractivity contribution in [3.05, 3.63) is 24.7 Å². The van der Waals surface area contributed by atoms with Gasteiger partial charge in [-0.3, -0.25) is 0 Å². The number of rotatable bonds is 5. The van der Waals surface area contributed by atoms with Gasteiger partial charge in [-0.15, -0.1) is 0 Å². The van der Waals surface area contributed by atoms with Crippen LogP contribution in [0.4, 0.5) is 10.5 Å². The van der Waals surface area contributed by atoms with E-state index in [4.69, 9.17) is 4.74 Å². The fraction of sp³-hybridized carbons (Fsp3) is 0.588. The van der Waals surface area contributed by atoms with Crippen molar-refractivity contribution in [3.8, 4) is 0 Å². The molecule has 2 N–H and O–H groups in total. The van der Waals surface area contributed by atoms with Gasteiger partial charge in [0.2, 0.25) is 0 Å². The molecule has 0 aliphatic heterocycles. The SMILES string of the molecule is CCOC1(CNC(=O)Nc2cnn3cccnc23)CCCCCC1. The summed E-state index contributed by atoms with van der Waals surface area (Å²) in [6.45, 7) is 3.21. The summed E-state index contributed by atoms with van der Waals surface area (Å²) in [6, 6.07) is 1.54. The molecule has 0 bridgehead atoms. The van der Waals surface area contributed by atoms with Crippen molar-refractivity contribution in [1.29, 1.82) is 0 Å². The number of anilines is 1. The molecule has 7 heteroatoms. The van der Waals surface area contributed by atoms with Crippen LogP contribution in [-0.2, 0) is 4.74 Å². The fourth-order valence-electron chi connectivity index (χ4n) is 3.37. The van der Waals surface area contributed by atoms with Crippen LogP contribution in [-0.4, -0.2) is 39.4 Å². The van der Waals surface area contributed by atoms with Crippen molar-refractivity contribution < 1.29 is 9.53 Å². The molecule has 0 spiro atoms. The van der Waals surface area contributed by atoms with Crippen molar-refractivity contribution in [2.45, 2.75) is 51.0 Å². The number of aromatic nitrogens is 3. The summed E-state index contributed by atoms with van der Waals surface area (Å²) < 4.78 is 7.66. The van der Waals surface area contributed by atoms with Crippen LogP contribution in [0, 0.1) is 0 Å². The van der Waals surface area contributed by atoms with Gasteiger partial charge in [0.1, 0.15) is 5.69 Å². The fourth-order valence-corrected chi connectivity index (χ4v) is 3.37. The molecular formula is C17H25N5O2. The summed E-state index contributed by atoms with van der Waals surface area (Å²) in [7, 11) is 0. The van der Waals surface area contributed by atoms with Gasteiger partial charge >= 0.3 is 6.03 Å². The lowest BCUT2D eigenvalue weighted by Gasteiger charge is -2.32. The minimum absolute atomic E-state index is 0.234. The highest BCUT2D eigenvalue weighted by Crippen LogP contribution is 2.30. The third kappa shape index (κ3) is 3.84. The molecule has 1 fully saturated rings. The van der Waals surface area contributed by atoms with Gasteiger partial charge in [0.05, 0.1) is 11.8 Å². The van der Waals surface area contributed by atoms with Crippen molar-refractivity contribution in [2.75, 3.05) is 18.5 Å². The third-order valence-corrected chi connectivity index (χ3v) is 4.56. The molecule has 2 amide bonds. The van der Waals surface area contributed by atoms with Gasteiger partial charge in [-0.2, -0.15) is 5.10 Å². The summed E-state index contributed by atoms with van der Waals surface area (Å²) in [6.07, 6.45) is 11.9. The first-order chi connectivity index (χ1) is 11.7. The van der Waals surface area contributed by atoms with Crippen molar-refractivity contribution in [3.63, 3.8) is 0 Å². The second-order valence-electron chi connectivity index (χ2n) is 6.28. The standard InChI is InChI=1S/C17H25N5O2/c1-2-24-17(8-5-3-4-6-9-17)13-19-16(23)21-14-12-20-22-11-7-10-18-15(14)22/h7,10-12H,2-6,8-9,13H2,1H3,(H2,19,21,23). The van der Waals surface area contributed by atoms with Crippen LogP contribution >= 0.6 is 0 Å². The molecule has 3 rings (SSSR count). The molecular weight excluding hydrogens is 306 g/mol. The number of carbonyl (C=O) groups excluding carboxylic acids is 1. The molecule has 2 aromatic heterocycles. The quantitative estimate of drug-likeness (QED) is 0.825. The van der Waals surface area contributed by atoms with Crippen LogP contribution in [0.15, 0.2) is 24.7 Å². The maximum Gasteiger partial charge on any atom is 0.319 e. The molecule has 24 heavy (non-hydrogen) atoms. The van der Waals surface area contributed by atoms with E-state index < -0.39 is 0 Å². The van der Waals surface area contributed by atoms with E-state index in [2.05, 4.69) is 20.7 Å². The van der Waals surface area contributed by atoms with E-state index in [9.17, 15) is 4.79 Å². The summed E-state index contributed by atoms with van der Waals surface area (Å²) in [5.74, 6) is 0. The number of amides is 2. The van der Waals surface area contributed by atoms with Crippen LogP contribution < -0.4 is 10.6 Å². The normalized spacial score (nSPS) is 17.4. The first-order valence-corrected chi connectivity index (χ1v) is 8.70. The maximum absolute atomic E-state index is 12.3. The van der Waals surface area contributed by atoms with Gasteiger partial charge in [-0.25, -0.2) is 14.3 Å². The Bertz CT molecular complexity index is 676. The molecule has 0 atom stereocenters. The number of hydrogen-bond donors (Lipinski definition) is 2. The van der Waals surface area contributed by atoms with Crippen molar-refractivity contribution in [2.24, 2.45) is 0 Å². The Morgan fingerprint density at radius 1 is 1.33 bits per heavy atom. The molecule has 1 aliphatic rings. The summed E-state index contributed by atoms with van der Waals surface area (Å²) in [5.41, 5.74) is 0.989. The lowest BCUT2D eigenvalue weighted by molar-refractivity contribution is -0.0467. The van der Waals surface area contributed by atoms with Crippen molar-refractivity contribution >= 4 is 17.4 Å². The Hall–Kier alpha value is -2.15. The van der Waals surface area contributed by atoms with Crippen LogP contribution in [0.1, 0.15) is 45.4 Å². The molecule has 1 saturated carbocycles. The van der Waals surface area contributed by atoms with Gasteiger partial charge in [0.15, 0.2) is 5.65 Å². The Balaban J connectivity index is 1.61. The molecule has 1 aliphatic carbocycles. The average molecular weight is 331 g/mol. The molecule has 2 aromatic rings. The maximum atomic E-state index is 12.3. The summed E-state index contributed by atoms with van der Waals surface area (Å²) in [5, 5.41) is 9.96. The van der Waals surface area contributed by atoms with E-state index in [0.717, 1.165) is 25.7 Å². The van der Waals surface area contributed by atoms with E-state index in [1.807, 2.05) is 6.92 Å². The summed E-state index contributed by atoms with van der Waals surface area (Å²) in [4.78, 5) is 16.5. The van der Waals surface area contributed by atoms with E-state index in [1.165, 1.54) is 12.8 Å². The third-order valence-electron chi connectivity index (χ3n) is 4.56. The largest absolute Gasteiger partial charge is 0.373 e. The topological polar surface area (TPSA) is 80.5 Å². The van der Waals surface area contributed by atoms with Gasteiger partial charge in [0, 0.05) is 25.5 Å². The van der Waals surface area contributed by atoms with Gasteiger partial charge in [0.25, 0.3) is 0 Å². The van der Waals surface area contributed by atoms with E-state index in [1.54, 1.807) is 29.2 Å². The number of nitrogens with one attached hydrogen (secondary N) is 2. The molecule has 2 heterocycles. The lowest BCUT2D eigenvalue weighted by Crippen LogP contribution is -2.46. The highest BCUT2D eigenvalue weighted by atomic mass is 16.5. The monoisotopic (exact) mass is 331 g/mol. The number of hydrogen-bond acceptors (Lipinski definition) is 4. The molecule has 0 unspecified atom stereocenters. The number of carbonyl (C=O) groups is 1. The Kier molecular flexibility index (Phi) is 5.30. The molecule has 7 nitrogen and oxygen atoms in total. The van der Waals surface area contributed by atoms with Gasteiger partial charge < -0.3 is 15.4 Å². The minimum atomic E-state index is -0.251. The molecule has 0 saturated heterocycles. The number of ether oxygens (including phenoxy) is 1. The summed E-state index contributed by atoms with van der Waals surface area (Å²) >= 11 is 0. The van der Waals surface area contributed by atoms with E-state index >= 15 is 0 Å². The Morgan fingerprint density at radius 2 is 2.12 bits per heavy atom. The predicted molar refractivity (Wildman–Crippen MR) is 92.1 cm³/mol. The molecule has 130 valence electrons. The van der Waals surface area contributed by atoms with Crippen LogP contribution in [0.25, 0.3) is 5.65 Å². The van der Waals surface area contributed by atoms with Gasteiger partial charge in [-0.1, -0.05) is 25.7 Å². The number of nitrogens with zero attached hydrogens (tertiary/aromatic N) is 3. The second-order valence-corrected chi connectivity index (χ2v) is 6.28. The van der Waals surface area contributed by atoms with E-state index in [-0.39, 0.29) is 11.6 Å². The lowest BCUT2D eigenvalue weighted by atomic mass is 9.94. The zero-order chi connectivity index (χ0) is 16.8. The molecule has 0 radical (unpaired) electrons.